The van der Waals surface area contributed by atoms with Crippen molar-refractivity contribution in [1.29, 1.82) is 0 Å². The average Bonchev–Trinajstić information content (AvgIpc) is 3.17. The number of carbonyl (C=O) groups is 2. The van der Waals surface area contributed by atoms with Gasteiger partial charge in [-0.05, 0) is 24.3 Å². The smallest absolute Gasteiger partial charge is 0.267 e. The zero-order valence-corrected chi connectivity index (χ0v) is 15.5. The Hall–Kier alpha value is -3.51. The normalized spacial score (nSPS) is 13.4. The van der Waals surface area contributed by atoms with Gasteiger partial charge in [0.25, 0.3) is 11.8 Å². The highest BCUT2D eigenvalue weighted by atomic mass is 35.5. The molecule has 0 fully saturated rings. The van der Waals surface area contributed by atoms with Gasteiger partial charge in [0, 0.05) is 23.8 Å². The van der Waals surface area contributed by atoms with E-state index in [4.69, 9.17) is 11.6 Å². The van der Waals surface area contributed by atoms with E-state index < -0.39 is 0 Å². The van der Waals surface area contributed by atoms with Crippen LogP contribution in [0.4, 0.5) is 5.69 Å². The van der Waals surface area contributed by atoms with Crippen molar-refractivity contribution >= 4 is 40.1 Å². The summed E-state index contributed by atoms with van der Waals surface area (Å²) in [5.74, 6) is -0.756. The first-order chi connectivity index (χ1) is 13.6. The van der Waals surface area contributed by atoms with Gasteiger partial charge < -0.3 is 0 Å². The van der Waals surface area contributed by atoms with E-state index in [2.05, 4.69) is 10.1 Å². The molecule has 1 aliphatic heterocycles. The summed E-state index contributed by atoms with van der Waals surface area (Å²) in [5.41, 5.74) is 3.07. The van der Waals surface area contributed by atoms with Crippen molar-refractivity contribution in [2.45, 2.75) is 0 Å². The number of benzene rings is 2. The standard InChI is InChI=1S/C21H13ClN4O2/c1-25-19-17(18(24-25)12-7-9-13(22)10-8-12)16-15(11-23-19)20(27)26(21(16)28)14-5-3-2-4-6-14/h2-11H,1H3. The van der Waals surface area contributed by atoms with Gasteiger partial charge in [0.2, 0.25) is 0 Å². The molecule has 5 rings (SSSR count). The molecule has 2 aromatic carbocycles. The molecule has 0 aliphatic carbocycles. The van der Waals surface area contributed by atoms with Gasteiger partial charge in [-0.2, -0.15) is 5.10 Å². The molecule has 7 heteroatoms. The maximum Gasteiger partial charge on any atom is 0.267 e. The topological polar surface area (TPSA) is 68.1 Å². The van der Waals surface area contributed by atoms with Gasteiger partial charge in [-0.25, -0.2) is 14.6 Å². The number of aryl methyl sites for hydroxylation is 1. The second kappa shape index (κ2) is 6.00. The second-order valence-electron chi connectivity index (χ2n) is 6.51. The van der Waals surface area contributed by atoms with E-state index in [0.29, 0.717) is 33.0 Å². The van der Waals surface area contributed by atoms with Crippen LogP contribution in [-0.2, 0) is 7.05 Å². The molecule has 28 heavy (non-hydrogen) atoms. The first-order valence-electron chi connectivity index (χ1n) is 8.62. The van der Waals surface area contributed by atoms with Crippen molar-refractivity contribution in [3.8, 4) is 11.3 Å². The van der Waals surface area contributed by atoms with Crippen LogP contribution in [0.25, 0.3) is 22.3 Å². The highest BCUT2D eigenvalue weighted by molar-refractivity contribution is 6.38. The quantitative estimate of drug-likeness (QED) is 0.485. The number of hydrogen-bond acceptors (Lipinski definition) is 4. The van der Waals surface area contributed by atoms with E-state index in [-0.39, 0.29) is 17.4 Å². The van der Waals surface area contributed by atoms with Gasteiger partial charge in [0.05, 0.1) is 22.2 Å². The van der Waals surface area contributed by atoms with Crippen molar-refractivity contribution in [2.75, 3.05) is 4.90 Å². The predicted octanol–water partition coefficient (Wildman–Crippen LogP) is 4.09. The Labute approximate surface area is 165 Å². The summed E-state index contributed by atoms with van der Waals surface area (Å²) < 4.78 is 1.61. The fraction of sp³-hybridized carbons (Fsp3) is 0.0476. The van der Waals surface area contributed by atoms with E-state index in [1.807, 2.05) is 18.2 Å². The van der Waals surface area contributed by atoms with Crippen LogP contribution in [0, 0.1) is 0 Å². The highest BCUT2D eigenvalue weighted by Crippen LogP contribution is 2.37. The summed E-state index contributed by atoms with van der Waals surface area (Å²) >= 11 is 6.00. The molecular formula is C21H13ClN4O2. The molecule has 0 atom stereocenters. The maximum absolute atomic E-state index is 13.3. The number of rotatable bonds is 2. The molecule has 6 nitrogen and oxygen atoms in total. The summed E-state index contributed by atoms with van der Waals surface area (Å²) in [4.78, 5) is 31.8. The fourth-order valence-electron chi connectivity index (χ4n) is 3.55. The Kier molecular flexibility index (Phi) is 3.57. The number of carbonyl (C=O) groups excluding carboxylic acids is 2. The van der Waals surface area contributed by atoms with Crippen molar-refractivity contribution in [2.24, 2.45) is 7.05 Å². The number of para-hydroxylation sites is 1. The van der Waals surface area contributed by atoms with E-state index in [1.165, 1.54) is 11.1 Å². The Morgan fingerprint density at radius 3 is 2.36 bits per heavy atom. The number of fused-ring (bicyclic) bond motifs is 3. The van der Waals surface area contributed by atoms with Crippen LogP contribution >= 0.6 is 11.6 Å². The largest absolute Gasteiger partial charge is 0.268 e. The van der Waals surface area contributed by atoms with Crippen LogP contribution in [0.15, 0.2) is 60.8 Å². The van der Waals surface area contributed by atoms with Gasteiger partial charge >= 0.3 is 0 Å². The number of halogens is 1. The third-order valence-corrected chi connectivity index (χ3v) is 5.09. The lowest BCUT2D eigenvalue weighted by Gasteiger charge is -2.13. The summed E-state index contributed by atoms with van der Waals surface area (Å²) in [6, 6.07) is 16.1. The van der Waals surface area contributed by atoms with Crippen LogP contribution in [0.2, 0.25) is 5.02 Å². The van der Waals surface area contributed by atoms with E-state index in [0.717, 1.165) is 5.56 Å². The van der Waals surface area contributed by atoms with Crippen LogP contribution in [0.1, 0.15) is 20.7 Å². The zero-order chi connectivity index (χ0) is 19.4. The SMILES string of the molecule is Cn1nc(-c2ccc(Cl)cc2)c2c3c(cnc21)C(=O)N(c1ccccc1)C3=O. The molecule has 0 saturated heterocycles. The molecule has 2 amide bonds. The molecule has 0 saturated carbocycles. The molecular weight excluding hydrogens is 376 g/mol. The van der Waals surface area contributed by atoms with Gasteiger partial charge in [0.1, 0.15) is 5.69 Å². The second-order valence-corrected chi connectivity index (χ2v) is 6.94. The predicted molar refractivity (Wildman–Crippen MR) is 107 cm³/mol. The van der Waals surface area contributed by atoms with E-state index in [9.17, 15) is 9.59 Å². The summed E-state index contributed by atoms with van der Waals surface area (Å²) in [6.07, 6.45) is 1.45. The van der Waals surface area contributed by atoms with Gasteiger partial charge in [-0.3, -0.25) is 9.59 Å². The number of aromatic nitrogens is 3. The molecule has 136 valence electrons. The molecule has 0 unspecified atom stereocenters. The molecule has 0 bridgehead atoms. The molecule has 1 aliphatic rings. The summed E-state index contributed by atoms with van der Waals surface area (Å²) in [7, 11) is 1.76. The highest BCUT2D eigenvalue weighted by Gasteiger charge is 2.40. The van der Waals surface area contributed by atoms with Crippen molar-refractivity contribution < 1.29 is 9.59 Å². The average molecular weight is 389 g/mol. The van der Waals surface area contributed by atoms with Crippen molar-refractivity contribution in [3.05, 3.63) is 76.9 Å². The Balaban J connectivity index is 1.78. The monoisotopic (exact) mass is 388 g/mol. The van der Waals surface area contributed by atoms with Crippen LogP contribution in [0.3, 0.4) is 0 Å². The van der Waals surface area contributed by atoms with Crippen molar-refractivity contribution in [3.63, 3.8) is 0 Å². The van der Waals surface area contributed by atoms with E-state index in [1.54, 1.807) is 48.1 Å². The summed E-state index contributed by atoms with van der Waals surface area (Å²) in [5, 5.41) is 5.73. The van der Waals surface area contributed by atoms with Crippen LogP contribution in [-0.4, -0.2) is 26.6 Å². The molecule has 0 N–H and O–H groups in total. The minimum Gasteiger partial charge on any atom is -0.268 e. The van der Waals surface area contributed by atoms with Crippen LogP contribution in [0.5, 0.6) is 0 Å². The lowest BCUT2D eigenvalue weighted by atomic mass is 10.0. The first-order valence-corrected chi connectivity index (χ1v) is 8.99. The lowest BCUT2D eigenvalue weighted by Crippen LogP contribution is -2.29. The lowest BCUT2D eigenvalue weighted by molar-refractivity contribution is 0.0926. The zero-order valence-electron chi connectivity index (χ0n) is 14.8. The molecule has 2 aromatic heterocycles. The van der Waals surface area contributed by atoms with E-state index >= 15 is 0 Å². The van der Waals surface area contributed by atoms with Crippen LogP contribution < -0.4 is 4.90 Å². The van der Waals surface area contributed by atoms with Gasteiger partial charge in [-0.15, -0.1) is 0 Å². The molecule has 3 heterocycles. The van der Waals surface area contributed by atoms with Crippen molar-refractivity contribution in [1.82, 2.24) is 14.8 Å². The third-order valence-electron chi connectivity index (χ3n) is 4.83. The number of amides is 2. The summed E-state index contributed by atoms with van der Waals surface area (Å²) in [6.45, 7) is 0. The van der Waals surface area contributed by atoms with Gasteiger partial charge in [0.15, 0.2) is 5.65 Å². The maximum atomic E-state index is 13.3. The minimum absolute atomic E-state index is 0.282. The third kappa shape index (κ3) is 2.28. The number of pyridine rings is 1. The number of anilines is 1. The van der Waals surface area contributed by atoms with Gasteiger partial charge in [-0.1, -0.05) is 41.9 Å². The number of imide groups is 1. The molecule has 4 aromatic rings. The molecule has 0 spiro atoms. The first kappa shape index (κ1) is 16.6. The fourth-order valence-corrected chi connectivity index (χ4v) is 3.67. The minimum atomic E-state index is -0.383. The molecule has 0 radical (unpaired) electrons. The Morgan fingerprint density at radius 2 is 1.64 bits per heavy atom. The Morgan fingerprint density at radius 1 is 0.929 bits per heavy atom. The Bertz CT molecular complexity index is 1260. The number of nitrogens with zero attached hydrogens (tertiary/aromatic N) is 4. The number of hydrogen-bond donors (Lipinski definition) is 0.